The van der Waals surface area contributed by atoms with Crippen molar-refractivity contribution in [3.05, 3.63) is 35.3 Å². The standard InChI is InChI=1S/C14H15N5S/c1-2-4-11(5-3-1)13-16-17-14-19(13)18-12(20-14)8-10-6-7-15-9-10/h1-5,10,15H,6-9H2. The van der Waals surface area contributed by atoms with Crippen molar-refractivity contribution in [3.8, 4) is 11.4 Å². The van der Waals surface area contributed by atoms with Gasteiger partial charge in [-0.25, -0.2) is 0 Å². The number of benzene rings is 1. The Morgan fingerprint density at radius 1 is 1.25 bits per heavy atom. The predicted molar refractivity (Wildman–Crippen MR) is 78.8 cm³/mol. The van der Waals surface area contributed by atoms with Crippen LogP contribution in [0, 0.1) is 5.92 Å². The molecule has 0 spiro atoms. The Balaban J connectivity index is 1.68. The van der Waals surface area contributed by atoms with Gasteiger partial charge in [-0.2, -0.15) is 9.61 Å². The summed E-state index contributed by atoms with van der Waals surface area (Å²) in [7, 11) is 0. The highest BCUT2D eigenvalue weighted by molar-refractivity contribution is 7.16. The summed E-state index contributed by atoms with van der Waals surface area (Å²) in [6.07, 6.45) is 2.28. The molecule has 0 amide bonds. The second-order valence-corrected chi connectivity index (χ2v) is 6.18. The lowest BCUT2D eigenvalue weighted by atomic mass is 10.1. The summed E-state index contributed by atoms with van der Waals surface area (Å²) >= 11 is 1.65. The quantitative estimate of drug-likeness (QED) is 0.800. The molecule has 0 radical (unpaired) electrons. The van der Waals surface area contributed by atoms with Gasteiger partial charge in [0.05, 0.1) is 0 Å². The van der Waals surface area contributed by atoms with Crippen LogP contribution in [-0.2, 0) is 6.42 Å². The van der Waals surface area contributed by atoms with Gasteiger partial charge in [-0.15, -0.1) is 10.2 Å². The zero-order valence-corrected chi connectivity index (χ0v) is 11.8. The maximum absolute atomic E-state index is 4.69. The Labute approximate surface area is 120 Å². The van der Waals surface area contributed by atoms with E-state index in [9.17, 15) is 0 Å². The van der Waals surface area contributed by atoms with Crippen LogP contribution in [0.25, 0.3) is 16.3 Å². The lowest BCUT2D eigenvalue weighted by molar-refractivity contribution is 0.574. The van der Waals surface area contributed by atoms with E-state index in [0.717, 1.165) is 40.9 Å². The van der Waals surface area contributed by atoms with Gasteiger partial charge in [-0.1, -0.05) is 41.7 Å². The van der Waals surface area contributed by atoms with E-state index in [1.165, 1.54) is 6.42 Å². The first-order valence-electron chi connectivity index (χ1n) is 6.87. The van der Waals surface area contributed by atoms with Crippen molar-refractivity contribution in [1.29, 1.82) is 0 Å². The Hall–Kier alpha value is -1.79. The van der Waals surface area contributed by atoms with Gasteiger partial charge in [0.25, 0.3) is 0 Å². The molecule has 1 aromatic carbocycles. The smallest absolute Gasteiger partial charge is 0.234 e. The molecule has 4 rings (SSSR count). The van der Waals surface area contributed by atoms with Gasteiger partial charge >= 0.3 is 0 Å². The minimum atomic E-state index is 0.707. The Kier molecular flexibility index (Phi) is 2.97. The lowest BCUT2D eigenvalue weighted by Crippen LogP contribution is -2.10. The number of aromatic nitrogens is 4. The van der Waals surface area contributed by atoms with Crippen LogP contribution in [0.15, 0.2) is 30.3 Å². The van der Waals surface area contributed by atoms with Crippen molar-refractivity contribution in [1.82, 2.24) is 25.1 Å². The highest BCUT2D eigenvalue weighted by Crippen LogP contribution is 2.24. The molecule has 0 bridgehead atoms. The number of nitrogens with one attached hydrogen (secondary N) is 1. The lowest BCUT2D eigenvalue weighted by Gasteiger charge is -2.03. The van der Waals surface area contributed by atoms with Gasteiger partial charge in [-0.3, -0.25) is 0 Å². The van der Waals surface area contributed by atoms with Crippen molar-refractivity contribution in [3.63, 3.8) is 0 Å². The average Bonchev–Trinajstić information content (AvgIpc) is 3.17. The third kappa shape index (κ3) is 2.10. The molecular weight excluding hydrogens is 270 g/mol. The maximum Gasteiger partial charge on any atom is 0.234 e. The monoisotopic (exact) mass is 285 g/mol. The molecule has 5 nitrogen and oxygen atoms in total. The summed E-state index contributed by atoms with van der Waals surface area (Å²) in [5.74, 6) is 1.53. The molecule has 0 aliphatic carbocycles. The van der Waals surface area contributed by atoms with Crippen LogP contribution in [0.5, 0.6) is 0 Å². The fourth-order valence-corrected chi connectivity index (χ4v) is 3.59. The van der Waals surface area contributed by atoms with Gasteiger partial charge in [0.2, 0.25) is 4.96 Å². The van der Waals surface area contributed by atoms with Crippen molar-refractivity contribution in [2.75, 3.05) is 13.1 Å². The normalized spacial score (nSPS) is 18.9. The summed E-state index contributed by atoms with van der Waals surface area (Å²) < 4.78 is 1.87. The predicted octanol–water partition coefficient (Wildman–Crippen LogP) is 2.00. The molecule has 1 aliphatic heterocycles. The van der Waals surface area contributed by atoms with Gasteiger partial charge in [0.15, 0.2) is 5.82 Å². The SMILES string of the molecule is c1ccc(-c2nnc3sc(CC4CCNC4)nn23)cc1. The molecule has 3 aromatic rings. The molecule has 0 saturated carbocycles. The molecule has 1 saturated heterocycles. The first-order valence-corrected chi connectivity index (χ1v) is 7.69. The highest BCUT2D eigenvalue weighted by Gasteiger charge is 2.19. The molecular formula is C14H15N5S. The average molecular weight is 285 g/mol. The Morgan fingerprint density at radius 3 is 2.95 bits per heavy atom. The summed E-state index contributed by atoms with van der Waals surface area (Å²) in [4.78, 5) is 0.879. The zero-order chi connectivity index (χ0) is 13.4. The second-order valence-electron chi connectivity index (χ2n) is 5.14. The van der Waals surface area contributed by atoms with Gasteiger partial charge in [-0.05, 0) is 25.4 Å². The number of nitrogens with zero attached hydrogens (tertiary/aromatic N) is 4. The van der Waals surface area contributed by atoms with Gasteiger partial charge < -0.3 is 5.32 Å². The summed E-state index contributed by atoms with van der Waals surface area (Å²) in [5, 5.41) is 17.7. The third-order valence-electron chi connectivity index (χ3n) is 3.69. The van der Waals surface area contributed by atoms with E-state index in [1.54, 1.807) is 11.3 Å². The first-order chi connectivity index (χ1) is 9.90. The topological polar surface area (TPSA) is 55.1 Å². The van der Waals surface area contributed by atoms with E-state index in [2.05, 4.69) is 15.5 Å². The summed E-state index contributed by atoms with van der Waals surface area (Å²) in [6.45, 7) is 2.23. The number of hydrogen-bond acceptors (Lipinski definition) is 5. The fourth-order valence-electron chi connectivity index (χ4n) is 2.64. The number of fused-ring (bicyclic) bond motifs is 1. The van der Waals surface area contributed by atoms with E-state index >= 15 is 0 Å². The molecule has 6 heteroatoms. The molecule has 102 valence electrons. The van der Waals surface area contributed by atoms with Crippen LogP contribution in [-0.4, -0.2) is 32.9 Å². The maximum atomic E-state index is 4.69. The number of rotatable bonds is 3. The number of hydrogen-bond donors (Lipinski definition) is 1. The van der Waals surface area contributed by atoms with E-state index in [1.807, 2.05) is 34.8 Å². The molecule has 1 atom stereocenters. The highest BCUT2D eigenvalue weighted by atomic mass is 32.1. The van der Waals surface area contributed by atoms with E-state index in [0.29, 0.717) is 5.92 Å². The Morgan fingerprint density at radius 2 is 2.15 bits per heavy atom. The minimum Gasteiger partial charge on any atom is -0.316 e. The zero-order valence-electron chi connectivity index (χ0n) is 11.0. The van der Waals surface area contributed by atoms with Crippen LogP contribution in [0.1, 0.15) is 11.4 Å². The summed E-state index contributed by atoms with van der Waals surface area (Å²) in [5.41, 5.74) is 1.05. The van der Waals surface area contributed by atoms with Crippen molar-refractivity contribution >= 4 is 16.3 Å². The van der Waals surface area contributed by atoms with E-state index in [-0.39, 0.29) is 0 Å². The molecule has 1 N–H and O–H groups in total. The van der Waals surface area contributed by atoms with Crippen LogP contribution in [0.3, 0.4) is 0 Å². The molecule has 20 heavy (non-hydrogen) atoms. The molecule has 2 aromatic heterocycles. The van der Waals surface area contributed by atoms with Crippen LogP contribution < -0.4 is 5.32 Å². The van der Waals surface area contributed by atoms with Crippen molar-refractivity contribution in [2.24, 2.45) is 5.92 Å². The third-order valence-corrected chi connectivity index (χ3v) is 4.61. The van der Waals surface area contributed by atoms with Crippen LogP contribution in [0.2, 0.25) is 0 Å². The van der Waals surface area contributed by atoms with E-state index < -0.39 is 0 Å². The molecule has 3 heterocycles. The first kappa shape index (κ1) is 12.0. The fraction of sp³-hybridized carbons (Fsp3) is 0.357. The molecule has 1 aliphatic rings. The van der Waals surface area contributed by atoms with Crippen LogP contribution in [0.4, 0.5) is 0 Å². The second kappa shape index (κ2) is 4.96. The molecule has 1 fully saturated rings. The van der Waals surface area contributed by atoms with Crippen molar-refractivity contribution < 1.29 is 0 Å². The summed E-state index contributed by atoms with van der Waals surface area (Å²) in [6, 6.07) is 10.1. The van der Waals surface area contributed by atoms with E-state index in [4.69, 9.17) is 5.10 Å². The van der Waals surface area contributed by atoms with Crippen molar-refractivity contribution in [2.45, 2.75) is 12.8 Å². The molecule has 1 unspecified atom stereocenters. The minimum absolute atomic E-state index is 0.707. The largest absolute Gasteiger partial charge is 0.316 e. The van der Waals surface area contributed by atoms with Gasteiger partial charge in [0, 0.05) is 12.0 Å². The Bertz CT molecular complexity index is 712. The van der Waals surface area contributed by atoms with Crippen LogP contribution >= 0.6 is 11.3 Å². The van der Waals surface area contributed by atoms with Gasteiger partial charge in [0.1, 0.15) is 5.01 Å².